The van der Waals surface area contributed by atoms with E-state index in [4.69, 9.17) is 0 Å². The van der Waals surface area contributed by atoms with Crippen molar-refractivity contribution in [2.24, 2.45) is 10.5 Å². The molecule has 0 fully saturated rings. The zero-order chi connectivity index (χ0) is 15.8. The van der Waals surface area contributed by atoms with E-state index in [1.54, 1.807) is 13.1 Å². The van der Waals surface area contributed by atoms with Crippen LogP contribution in [-0.4, -0.2) is 41.7 Å². The Morgan fingerprint density at radius 1 is 1.33 bits per heavy atom. The molecule has 0 aromatic heterocycles. The second-order valence-corrected chi connectivity index (χ2v) is 5.74. The Bertz CT molecular complexity index is 611. The van der Waals surface area contributed by atoms with Gasteiger partial charge in [-0.1, -0.05) is 19.9 Å². The molecule has 0 unspecified atom stereocenters. The molecule has 0 aromatic carbocycles. The number of hydrogen-bond donors (Lipinski definition) is 1. The van der Waals surface area contributed by atoms with Crippen molar-refractivity contribution in [2.75, 3.05) is 14.1 Å². The number of likely N-dealkylation sites (N-methyl/N-ethyl adjacent to an activating group) is 1. The summed E-state index contributed by atoms with van der Waals surface area (Å²) in [5.41, 5.74) is 1.36. The Labute approximate surface area is 124 Å². The average Bonchev–Trinajstić information content (AvgIpc) is 2.77. The molecule has 2 aliphatic heterocycles. The lowest BCUT2D eigenvalue weighted by atomic mass is 9.90. The van der Waals surface area contributed by atoms with Crippen molar-refractivity contribution in [2.45, 2.75) is 20.8 Å². The average molecular weight is 288 g/mol. The van der Waals surface area contributed by atoms with Gasteiger partial charge in [-0.3, -0.25) is 9.59 Å². The van der Waals surface area contributed by atoms with Gasteiger partial charge < -0.3 is 10.2 Å². The van der Waals surface area contributed by atoms with Crippen LogP contribution in [0.5, 0.6) is 0 Å². The molecule has 0 saturated heterocycles. The van der Waals surface area contributed by atoms with Gasteiger partial charge in [-0.15, -0.1) is 0 Å². The Hall–Kier alpha value is -2.37. The summed E-state index contributed by atoms with van der Waals surface area (Å²) in [6.07, 6.45) is 7.70. The quantitative estimate of drug-likeness (QED) is 0.737. The molecule has 6 heteroatoms. The smallest absolute Gasteiger partial charge is 0.277 e. The van der Waals surface area contributed by atoms with Crippen LogP contribution in [0.3, 0.4) is 0 Å². The number of carbonyl (C=O) groups excluding carboxylic acids is 2. The molecule has 0 bridgehead atoms. The number of carbonyl (C=O) groups is 2. The number of nitrogens with zero attached hydrogens (tertiary/aromatic N) is 3. The summed E-state index contributed by atoms with van der Waals surface area (Å²) in [6, 6.07) is 0. The Morgan fingerprint density at radius 3 is 2.52 bits per heavy atom. The molecule has 2 heterocycles. The monoisotopic (exact) mass is 288 g/mol. The first-order valence-electron chi connectivity index (χ1n) is 6.71. The van der Waals surface area contributed by atoms with Crippen LogP contribution in [0.1, 0.15) is 20.8 Å². The molecule has 2 amide bonds. The molecule has 1 N–H and O–H groups in total. The molecular formula is C15H20N4O2. The van der Waals surface area contributed by atoms with Crippen molar-refractivity contribution in [3.05, 3.63) is 35.7 Å². The summed E-state index contributed by atoms with van der Waals surface area (Å²) in [4.78, 5) is 25.3. The van der Waals surface area contributed by atoms with Gasteiger partial charge in [0.25, 0.3) is 5.91 Å². The van der Waals surface area contributed by atoms with Crippen LogP contribution in [0.25, 0.3) is 0 Å². The standard InChI is InChI=1S/C15H20N4O2/c1-10(20)16-13-11(14(21)19(5)17-13)6-7-12-15(2,3)8-9-18(12)4/h6-9H,1-5H3,(H,16,17,20)/b11-6+,12-7-. The van der Waals surface area contributed by atoms with Crippen LogP contribution < -0.4 is 5.32 Å². The van der Waals surface area contributed by atoms with Gasteiger partial charge in [-0.25, -0.2) is 5.01 Å². The van der Waals surface area contributed by atoms with E-state index in [0.29, 0.717) is 11.4 Å². The minimum atomic E-state index is -0.254. The first-order chi connectivity index (χ1) is 9.72. The van der Waals surface area contributed by atoms with Crippen LogP contribution in [0.2, 0.25) is 0 Å². The molecule has 2 aliphatic rings. The first kappa shape index (κ1) is 15.0. The normalized spacial score (nSPS) is 24.2. The van der Waals surface area contributed by atoms with Crippen molar-refractivity contribution < 1.29 is 9.59 Å². The van der Waals surface area contributed by atoms with Crippen molar-refractivity contribution in [3.8, 4) is 0 Å². The third-order valence-electron chi connectivity index (χ3n) is 3.49. The van der Waals surface area contributed by atoms with E-state index in [-0.39, 0.29) is 17.2 Å². The zero-order valence-corrected chi connectivity index (χ0v) is 13.0. The second-order valence-electron chi connectivity index (χ2n) is 5.74. The van der Waals surface area contributed by atoms with E-state index in [1.165, 1.54) is 11.9 Å². The van der Waals surface area contributed by atoms with E-state index in [1.807, 2.05) is 24.2 Å². The van der Waals surface area contributed by atoms with Gasteiger partial charge in [-0.2, -0.15) is 5.10 Å². The number of amidine groups is 1. The molecule has 0 radical (unpaired) electrons. The highest BCUT2D eigenvalue weighted by molar-refractivity contribution is 6.26. The number of rotatable bonds is 1. The van der Waals surface area contributed by atoms with Crippen LogP contribution >= 0.6 is 0 Å². The lowest BCUT2D eigenvalue weighted by Gasteiger charge is -2.22. The third-order valence-corrected chi connectivity index (χ3v) is 3.49. The molecule has 6 nitrogen and oxygen atoms in total. The van der Waals surface area contributed by atoms with Gasteiger partial charge in [0.15, 0.2) is 5.84 Å². The first-order valence-corrected chi connectivity index (χ1v) is 6.71. The number of hydrazone groups is 1. The molecule has 0 saturated carbocycles. The van der Waals surface area contributed by atoms with Gasteiger partial charge in [-0.05, 0) is 12.2 Å². The van der Waals surface area contributed by atoms with E-state index in [0.717, 1.165) is 5.70 Å². The highest BCUT2D eigenvalue weighted by Gasteiger charge is 2.30. The van der Waals surface area contributed by atoms with Crippen molar-refractivity contribution in [1.29, 1.82) is 0 Å². The minimum absolute atomic E-state index is 0.0926. The van der Waals surface area contributed by atoms with E-state index in [2.05, 4.69) is 30.3 Å². The third kappa shape index (κ3) is 2.89. The predicted molar refractivity (Wildman–Crippen MR) is 80.9 cm³/mol. The number of allylic oxidation sites excluding steroid dienone is 3. The van der Waals surface area contributed by atoms with E-state index >= 15 is 0 Å². The predicted octanol–water partition coefficient (Wildman–Crippen LogP) is 1.20. The summed E-state index contributed by atoms with van der Waals surface area (Å²) in [5, 5.41) is 7.83. The molecule has 0 atom stereocenters. The molecule has 112 valence electrons. The SMILES string of the molecule is CC(=O)NC1=NN(C)C(=O)/C1=C/C=C1\N(C)C=CC1(C)C. The molecule has 0 aromatic rings. The Balaban J connectivity index is 2.33. The summed E-state index contributed by atoms with van der Waals surface area (Å²) < 4.78 is 0. The maximum atomic E-state index is 12.1. The van der Waals surface area contributed by atoms with Crippen LogP contribution in [0.15, 0.2) is 40.8 Å². The summed E-state index contributed by atoms with van der Waals surface area (Å²) >= 11 is 0. The Morgan fingerprint density at radius 2 is 2.00 bits per heavy atom. The summed E-state index contributed by atoms with van der Waals surface area (Å²) in [7, 11) is 3.52. The number of nitrogens with one attached hydrogen (secondary N) is 1. The maximum Gasteiger partial charge on any atom is 0.277 e. The number of amides is 2. The van der Waals surface area contributed by atoms with Gasteiger partial charge in [0, 0.05) is 38.3 Å². The zero-order valence-electron chi connectivity index (χ0n) is 13.0. The molecule has 2 rings (SSSR count). The van der Waals surface area contributed by atoms with Crippen molar-refractivity contribution in [3.63, 3.8) is 0 Å². The number of hydrogen-bond acceptors (Lipinski definition) is 4. The van der Waals surface area contributed by atoms with Gasteiger partial charge in [0.2, 0.25) is 5.91 Å². The van der Waals surface area contributed by atoms with Crippen LogP contribution in [0.4, 0.5) is 0 Å². The molecular weight excluding hydrogens is 268 g/mol. The van der Waals surface area contributed by atoms with Gasteiger partial charge in [0.1, 0.15) is 0 Å². The summed E-state index contributed by atoms with van der Waals surface area (Å²) in [5.74, 6) is -0.198. The van der Waals surface area contributed by atoms with Crippen molar-refractivity contribution >= 4 is 17.6 Å². The van der Waals surface area contributed by atoms with Gasteiger partial charge in [0.05, 0.1) is 5.57 Å². The van der Waals surface area contributed by atoms with E-state index in [9.17, 15) is 9.59 Å². The van der Waals surface area contributed by atoms with Crippen LogP contribution in [-0.2, 0) is 9.59 Å². The fourth-order valence-corrected chi connectivity index (χ4v) is 2.35. The van der Waals surface area contributed by atoms with Crippen molar-refractivity contribution in [1.82, 2.24) is 15.2 Å². The lowest BCUT2D eigenvalue weighted by molar-refractivity contribution is -0.124. The highest BCUT2D eigenvalue weighted by atomic mass is 16.2. The second kappa shape index (κ2) is 5.20. The molecule has 0 aliphatic carbocycles. The largest absolute Gasteiger partial charge is 0.354 e. The van der Waals surface area contributed by atoms with E-state index < -0.39 is 0 Å². The summed E-state index contributed by atoms with van der Waals surface area (Å²) in [6.45, 7) is 5.59. The van der Waals surface area contributed by atoms with Gasteiger partial charge >= 0.3 is 0 Å². The maximum absolute atomic E-state index is 12.1. The molecule has 0 spiro atoms. The lowest BCUT2D eigenvalue weighted by Crippen LogP contribution is -2.29. The highest BCUT2D eigenvalue weighted by Crippen LogP contribution is 2.35. The fourth-order valence-electron chi connectivity index (χ4n) is 2.35. The van der Waals surface area contributed by atoms with Crippen LogP contribution in [0, 0.1) is 5.41 Å². The fraction of sp³-hybridized carbons (Fsp3) is 0.400. The minimum Gasteiger partial charge on any atom is -0.354 e. The molecule has 21 heavy (non-hydrogen) atoms. The topological polar surface area (TPSA) is 65.0 Å². The Kier molecular flexibility index (Phi) is 3.72.